The summed E-state index contributed by atoms with van der Waals surface area (Å²) in [5.41, 5.74) is 0.623. The van der Waals surface area contributed by atoms with E-state index in [1.807, 2.05) is 6.07 Å². The number of halogens is 1. The molecule has 26 heavy (non-hydrogen) atoms. The Morgan fingerprint density at radius 2 is 1.73 bits per heavy atom. The SMILES string of the molecule is C[C@H](Oc1ccc(Cl)cc1)C(=O)O[C@H](C(=O)NC1CC1)c1ccccc1. The second kappa shape index (κ2) is 8.23. The molecule has 0 aliphatic heterocycles. The fraction of sp³-hybridized carbons (Fsp3) is 0.300. The number of amides is 1. The third kappa shape index (κ3) is 4.99. The van der Waals surface area contributed by atoms with Crippen molar-refractivity contribution in [3.8, 4) is 5.75 Å². The van der Waals surface area contributed by atoms with E-state index in [9.17, 15) is 9.59 Å². The number of benzene rings is 2. The normalized spacial score (nSPS) is 15.6. The van der Waals surface area contributed by atoms with Crippen LogP contribution >= 0.6 is 11.6 Å². The Balaban J connectivity index is 1.67. The van der Waals surface area contributed by atoms with E-state index in [1.165, 1.54) is 0 Å². The zero-order chi connectivity index (χ0) is 18.5. The van der Waals surface area contributed by atoms with Crippen LogP contribution < -0.4 is 10.1 Å². The molecule has 0 bridgehead atoms. The summed E-state index contributed by atoms with van der Waals surface area (Å²) in [5.74, 6) is -0.428. The molecule has 1 saturated carbocycles. The third-order valence-corrected chi connectivity index (χ3v) is 4.21. The molecule has 0 aromatic heterocycles. The second-order valence-electron chi connectivity index (χ2n) is 6.22. The Morgan fingerprint density at radius 3 is 2.35 bits per heavy atom. The molecule has 0 spiro atoms. The van der Waals surface area contributed by atoms with Crippen LogP contribution in [0.3, 0.4) is 0 Å². The van der Waals surface area contributed by atoms with Crippen LogP contribution in [-0.2, 0) is 14.3 Å². The van der Waals surface area contributed by atoms with Crippen LogP contribution in [0.2, 0.25) is 5.02 Å². The lowest BCUT2D eigenvalue weighted by Gasteiger charge is -2.20. The molecule has 136 valence electrons. The first-order valence-corrected chi connectivity index (χ1v) is 8.89. The summed E-state index contributed by atoms with van der Waals surface area (Å²) in [5, 5.41) is 3.46. The van der Waals surface area contributed by atoms with Gasteiger partial charge in [0.25, 0.3) is 5.91 Å². The summed E-state index contributed by atoms with van der Waals surface area (Å²) >= 11 is 5.84. The topological polar surface area (TPSA) is 64.6 Å². The molecule has 0 heterocycles. The van der Waals surface area contributed by atoms with Gasteiger partial charge in [0.05, 0.1) is 0 Å². The zero-order valence-corrected chi connectivity index (χ0v) is 15.1. The van der Waals surface area contributed by atoms with E-state index >= 15 is 0 Å². The smallest absolute Gasteiger partial charge is 0.348 e. The highest BCUT2D eigenvalue weighted by molar-refractivity contribution is 6.30. The monoisotopic (exact) mass is 373 g/mol. The molecule has 1 aliphatic carbocycles. The van der Waals surface area contributed by atoms with Gasteiger partial charge >= 0.3 is 5.97 Å². The Kier molecular flexibility index (Phi) is 5.78. The van der Waals surface area contributed by atoms with Crippen molar-refractivity contribution in [2.75, 3.05) is 0 Å². The number of hydrogen-bond donors (Lipinski definition) is 1. The lowest BCUT2D eigenvalue weighted by molar-refractivity contribution is -0.162. The fourth-order valence-electron chi connectivity index (χ4n) is 2.38. The second-order valence-corrected chi connectivity index (χ2v) is 6.66. The first-order valence-electron chi connectivity index (χ1n) is 8.51. The molecular weight excluding hydrogens is 354 g/mol. The van der Waals surface area contributed by atoms with Gasteiger partial charge in [-0.3, -0.25) is 4.79 Å². The van der Waals surface area contributed by atoms with Crippen molar-refractivity contribution in [3.05, 3.63) is 65.2 Å². The van der Waals surface area contributed by atoms with Crippen molar-refractivity contribution in [2.45, 2.75) is 38.0 Å². The molecule has 6 heteroatoms. The zero-order valence-electron chi connectivity index (χ0n) is 14.4. The Bertz CT molecular complexity index is 759. The minimum absolute atomic E-state index is 0.176. The van der Waals surface area contributed by atoms with E-state index in [4.69, 9.17) is 21.1 Å². The van der Waals surface area contributed by atoms with Gasteiger partial charge in [0.15, 0.2) is 6.10 Å². The lowest BCUT2D eigenvalue weighted by atomic mass is 10.1. The molecule has 1 N–H and O–H groups in total. The predicted molar refractivity (Wildman–Crippen MR) is 98.0 cm³/mol. The molecule has 2 atom stereocenters. The minimum atomic E-state index is -0.999. The van der Waals surface area contributed by atoms with Crippen LogP contribution in [0.15, 0.2) is 54.6 Å². The fourth-order valence-corrected chi connectivity index (χ4v) is 2.51. The van der Waals surface area contributed by atoms with Gasteiger partial charge in [0.2, 0.25) is 6.10 Å². The van der Waals surface area contributed by atoms with Gasteiger partial charge in [-0.2, -0.15) is 0 Å². The van der Waals surface area contributed by atoms with E-state index < -0.39 is 18.2 Å². The number of carbonyl (C=O) groups is 2. The van der Waals surface area contributed by atoms with E-state index in [2.05, 4.69) is 5.32 Å². The maximum Gasteiger partial charge on any atom is 0.348 e. The molecule has 3 rings (SSSR count). The van der Waals surface area contributed by atoms with Gasteiger partial charge in [-0.15, -0.1) is 0 Å². The Labute approximate surface area is 157 Å². The average Bonchev–Trinajstić information content (AvgIpc) is 3.46. The van der Waals surface area contributed by atoms with E-state index in [0.29, 0.717) is 16.3 Å². The third-order valence-electron chi connectivity index (χ3n) is 3.96. The highest BCUT2D eigenvalue weighted by Gasteiger charge is 2.32. The molecule has 0 saturated heterocycles. The average molecular weight is 374 g/mol. The summed E-state index contributed by atoms with van der Waals surface area (Å²) in [6.45, 7) is 1.58. The van der Waals surface area contributed by atoms with Gasteiger partial charge in [-0.25, -0.2) is 4.79 Å². The van der Waals surface area contributed by atoms with Crippen LogP contribution in [0.4, 0.5) is 0 Å². The highest BCUT2D eigenvalue weighted by Crippen LogP contribution is 2.24. The van der Waals surface area contributed by atoms with E-state index in [1.54, 1.807) is 55.5 Å². The molecule has 2 aromatic carbocycles. The Hall–Kier alpha value is -2.53. The van der Waals surface area contributed by atoms with Gasteiger partial charge in [-0.1, -0.05) is 41.9 Å². The predicted octanol–water partition coefficient (Wildman–Crippen LogP) is 3.67. The van der Waals surface area contributed by atoms with Crippen LogP contribution in [0.5, 0.6) is 5.75 Å². The number of hydrogen-bond acceptors (Lipinski definition) is 4. The van der Waals surface area contributed by atoms with Crippen molar-refractivity contribution >= 4 is 23.5 Å². The highest BCUT2D eigenvalue weighted by atomic mass is 35.5. The van der Waals surface area contributed by atoms with Gasteiger partial charge in [0, 0.05) is 16.6 Å². The van der Waals surface area contributed by atoms with E-state index in [-0.39, 0.29) is 11.9 Å². The minimum Gasteiger partial charge on any atom is -0.479 e. The van der Waals surface area contributed by atoms with Crippen LogP contribution in [0, 0.1) is 0 Å². The maximum atomic E-state index is 12.5. The first-order chi connectivity index (χ1) is 12.5. The van der Waals surface area contributed by atoms with E-state index in [0.717, 1.165) is 12.8 Å². The van der Waals surface area contributed by atoms with Crippen molar-refractivity contribution in [1.29, 1.82) is 0 Å². The number of carbonyl (C=O) groups excluding carboxylic acids is 2. The van der Waals surface area contributed by atoms with Crippen LogP contribution in [0.1, 0.15) is 31.4 Å². The summed E-state index contributed by atoms with van der Waals surface area (Å²) in [7, 11) is 0. The molecular formula is C20H20ClNO4. The lowest BCUT2D eigenvalue weighted by Crippen LogP contribution is -2.36. The number of rotatable bonds is 7. The van der Waals surface area contributed by atoms with Gasteiger partial charge in [-0.05, 0) is 44.0 Å². The van der Waals surface area contributed by atoms with Crippen molar-refractivity contribution in [3.63, 3.8) is 0 Å². The summed E-state index contributed by atoms with van der Waals surface area (Å²) in [6, 6.07) is 15.8. The first kappa shape index (κ1) is 18.3. The van der Waals surface area contributed by atoms with Crippen molar-refractivity contribution < 1.29 is 19.1 Å². The standard InChI is InChI=1S/C20H20ClNO4/c1-13(25-17-11-7-15(21)8-12-17)20(24)26-18(14-5-3-2-4-6-14)19(23)22-16-9-10-16/h2-8,11-13,16,18H,9-10H2,1H3,(H,22,23)/t13-,18-/m0/s1. The van der Waals surface area contributed by atoms with Crippen LogP contribution in [0.25, 0.3) is 0 Å². The van der Waals surface area contributed by atoms with Crippen molar-refractivity contribution in [2.24, 2.45) is 0 Å². The molecule has 5 nitrogen and oxygen atoms in total. The van der Waals surface area contributed by atoms with Crippen LogP contribution in [-0.4, -0.2) is 24.0 Å². The molecule has 1 aliphatic rings. The molecule has 2 aromatic rings. The number of nitrogens with one attached hydrogen (secondary N) is 1. The van der Waals surface area contributed by atoms with Crippen molar-refractivity contribution in [1.82, 2.24) is 5.32 Å². The number of ether oxygens (including phenoxy) is 2. The quantitative estimate of drug-likeness (QED) is 0.752. The molecule has 1 amide bonds. The Morgan fingerprint density at radius 1 is 1.08 bits per heavy atom. The summed E-state index contributed by atoms with van der Waals surface area (Å²) in [6.07, 6.45) is 0.0471. The molecule has 1 fully saturated rings. The summed E-state index contributed by atoms with van der Waals surface area (Å²) in [4.78, 5) is 25.0. The summed E-state index contributed by atoms with van der Waals surface area (Å²) < 4.78 is 11.1. The molecule has 0 unspecified atom stereocenters. The largest absolute Gasteiger partial charge is 0.479 e. The maximum absolute atomic E-state index is 12.5. The van der Waals surface area contributed by atoms with Gasteiger partial charge < -0.3 is 14.8 Å². The van der Waals surface area contributed by atoms with Gasteiger partial charge in [0.1, 0.15) is 5.75 Å². The number of esters is 1. The molecule has 0 radical (unpaired) electrons.